The van der Waals surface area contributed by atoms with E-state index in [0.29, 0.717) is 10.5 Å². The predicted octanol–water partition coefficient (Wildman–Crippen LogP) is 2.51. The monoisotopic (exact) mass is 363 g/mol. The van der Waals surface area contributed by atoms with E-state index in [-0.39, 0.29) is 5.69 Å². The van der Waals surface area contributed by atoms with Crippen LogP contribution in [-0.2, 0) is 10.0 Å². The summed E-state index contributed by atoms with van der Waals surface area (Å²) in [6.45, 7) is 0. The molecule has 5 nitrogen and oxygen atoms in total. The van der Waals surface area contributed by atoms with Gasteiger partial charge in [-0.25, -0.2) is 17.2 Å². The molecule has 0 spiro atoms. The van der Waals surface area contributed by atoms with Crippen molar-refractivity contribution in [1.82, 2.24) is 4.98 Å². The first-order valence-electron chi connectivity index (χ1n) is 5.18. The lowest BCUT2D eigenvalue weighted by Crippen LogP contribution is -2.15. The van der Waals surface area contributed by atoms with Gasteiger partial charge in [0, 0.05) is 18.5 Å². The Hall–Kier alpha value is -1.74. The number of hydrogen-bond donors (Lipinski definition) is 2. The first kappa shape index (κ1) is 14.7. The average Bonchev–Trinajstić information content (AvgIpc) is 2.36. The highest BCUT2D eigenvalue weighted by Crippen LogP contribution is 2.26. The van der Waals surface area contributed by atoms with Crippen LogP contribution in [0.2, 0.25) is 0 Å². The van der Waals surface area contributed by atoms with Gasteiger partial charge in [0.05, 0.1) is 15.8 Å². The molecule has 1 aromatic carbocycles. The number of halogens is 3. The number of aromatic nitrogens is 1. The van der Waals surface area contributed by atoms with Crippen LogP contribution in [0.5, 0.6) is 0 Å². The number of benzene rings is 1. The summed E-state index contributed by atoms with van der Waals surface area (Å²) >= 11 is 3.10. The lowest BCUT2D eigenvalue weighted by Gasteiger charge is -2.10. The summed E-state index contributed by atoms with van der Waals surface area (Å²) in [5.74, 6) is -2.25. The normalized spacial score (nSPS) is 11.3. The average molecular weight is 364 g/mol. The Morgan fingerprint density at radius 2 is 1.95 bits per heavy atom. The maximum absolute atomic E-state index is 13.6. The van der Waals surface area contributed by atoms with Gasteiger partial charge in [-0.2, -0.15) is 0 Å². The molecule has 0 aliphatic rings. The van der Waals surface area contributed by atoms with Crippen LogP contribution in [-0.4, -0.2) is 13.4 Å². The molecule has 0 saturated carbocycles. The smallest absolute Gasteiger partial charge is 0.264 e. The Labute approximate surface area is 122 Å². The molecule has 9 heteroatoms. The van der Waals surface area contributed by atoms with Crippen molar-refractivity contribution in [2.24, 2.45) is 0 Å². The van der Waals surface area contributed by atoms with E-state index < -0.39 is 32.2 Å². The molecule has 0 aliphatic carbocycles. The van der Waals surface area contributed by atoms with Crippen molar-refractivity contribution >= 4 is 37.3 Å². The van der Waals surface area contributed by atoms with Gasteiger partial charge in [0.2, 0.25) is 0 Å². The minimum absolute atomic E-state index is 0.169. The molecule has 20 heavy (non-hydrogen) atoms. The van der Waals surface area contributed by atoms with Gasteiger partial charge in [-0.3, -0.25) is 9.71 Å². The van der Waals surface area contributed by atoms with E-state index in [2.05, 4.69) is 25.6 Å². The van der Waals surface area contributed by atoms with Crippen molar-refractivity contribution in [2.75, 3.05) is 10.5 Å². The molecule has 0 amide bonds. The third-order valence-electron chi connectivity index (χ3n) is 2.36. The Morgan fingerprint density at radius 3 is 2.60 bits per heavy atom. The van der Waals surface area contributed by atoms with Gasteiger partial charge in [0.15, 0.2) is 0 Å². The van der Waals surface area contributed by atoms with Gasteiger partial charge in [-0.05, 0) is 28.1 Å². The van der Waals surface area contributed by atoms with Gasteiger partial charge >= 0.3 is 0 Å². The summed E-state index contributed by atoms with van der Waals surface area (Å²) in [7, 11) is -4.24. The molecule has 0 bridgehead atoms. The van der Waals surface area contributed by atoms with Gasteiger partial charge in [0.25, 0.3) is 10.0 Å². The Bertz CT molecular complexity index is 768. The molecule has 1 aromatic heterocycles. The number of nitrogens with two attached hydrogens (primary N) is 1. The standard InChI is InChI=1S/C11H8BrF2N3O2S/c12-6-5-16-2-1-10(6)17-20(18,19)11-4-9(15)7(13)3-8(11)14/h1-5H,15H2,(H,16,17). The van der Waals surface area contributed by atoms with E-state index in [9.17, 15) is 17.2 Å². The Balaban J connectivity index is 2.47. The maximum atomic E-state index is 13.6. The molecule has 2 aromatic rings. The summed E-state index contributed by atoms with van der Waals surface area (Å²) in [5, 5.41) is 0. The van der Waals surface area contributed by atoms with Crippen molar-refractivity contribution in [2.45, 2.75) is 4.90 Å². The minimum Gasteiger partial charge on any atom is -0.396 e. The lowest BCUT2D eigenvalue weighted by atomic mass is 10.3. The SMILES string of the molecule is Nc1cc(S(=O)(=O)Nc2ccncc2Br)c(F)cc1F. The fourth-order valence-electron chi connectivity index (χ4n) is 1.41. The molecular formula is C11H8BrF2N3O2S. The fraction of sp³-hybridized carbons (Fsp3) is 0. The summed E-state index contributed by atoms with van der Waals surface area (Å²) in [5.41, 5.74) is 4.97. The topological polar surface area (TPSA) is 85.1 Å². The van der Waals surface area contributed by atoms with Crippen LogP contribution in [0.25, 0.3) is 0 Å². The van der Waals surface area contributed by atoms with E-state index in [4.69, 9.17) is 5.73 Å². The van der Waals surface area contributed by atoms with Crippen molar-refractivity contribution in [3.8, 4) is 0 Å². The van der Waals surface area contributed by atoms with Crippen LogP contribution in [0.1, 0.15) is 0 Å². The van der Waals surface area contributed by atoms with Gasteiger partial charge in [0.1, 0.15) is 16.5 Å². The predicted molar refractivity (Wildman–Crippen MR) is 73.5 cm³/mol. The molecule has 1 heterocycles. The second-order valence-corrected chi connectivity index (χ2v) is 6.27. The lowest BCUT2D eigenvalue weighted by molar-refractivity contribution is 0.553. The number of nitrogen functional groups attached to an aromatic ring is 1. The zero-order chi connectivity index (χ0) is 14.9. The molecule has 0 radical (unpaired) electrons. The zero-order valence-corrected chi connectivity index (χ0v) is 12.2. The van der Waals surface area contributed by atoms with Crippen LogP contribution in [0.15, 0.2) is 40.0 Å². The summed E-state index contributed by atoms with van der Waals surface area (Å²) < 4.78 is 53.3. The molecule has 3 N–H and O–H groups in total. The summed E-state index contributed by atoms with van der Waals surface area (Å²) in [4.78, 5) is 3.03. The van der Waals surface area contributed by atoms with Crippen LogP contribution in [0.3, 0.4) is 0 Å². The highest BCUT2D eigenvalue weighted by molar-refractivity contribution is 9.10. The van der Waals surface area contributed by atoms with E-state index in [1.807, 2.05) is 0 Å². The number of rotatable bonds is 3. The van der Waals surface area contributed by atoms with E-state index in [1.165, 1.54) is 18.5 Å². The number of anilines is 2. The number of hydrogen-bond acceptors (Lipinski definition) is 4. The summed E-state index contributed by atoms with van der Waals surface area (Å²) in [6.07, 6.45) is 2.73. The third kappa shape index (κ3) is 2.88. The van der Waals surface area contributed by atoms with Crippen LogP contribution in [0, 0.1) is 11.6 Å². The van der Waals surface area contributed by atoms with Crippen LogP contribution in [0.4, 0.5) is 20.2 Å². The highest BCUT2D eigenvalue weighted by atomic mass is 79.9. The third-order valence-corrected chi connectivity index (χ3v) is 4.37. The van der Waals surface area contributed by atoms with E-state index >= 15 is 0 Å². The van der Waals surface area contributed by atoms with E-state index in [1.54, 1.807) is 0 Å². The molecule has 2 rings (SSSR count). The number of sulfonamides is 1. The number of pyridine rings is 1. The summed E-state index contributed by atoms with van der Waals surface area (Å²) in [6, 6.07) is 2.53. The fourth-order valence-corrected chi connectivity index (χ4v) is 3.06. The largest absolute Gasteiger partial charge is 0.396 e. The van der Waals surface area contributed by atoms with Gasteiger partial charge in [-0.15, -0.1) is 0 Å². The molecule has 0 atom stereocenters. The van der Waals surface area contributed by atoms with E-state index in [0.717, 1.165) is 6.07 Å². The first-order valence-corrected chi connectivity index (χ1v) is 7.46. The van der Waals surface area contributed by atoms with Gasteiger partial charge in [-0.1, -0.05) is 0 Å². The molecule has 0 aliphatic heterocycles. The number of nitrogens with one attached hydrogen (secondary N) is 1. The second-order valence-electron chi connectivity index (χ2n) is 3.77. The second kappa shape index (κ2) is 5.33. The highest BCUT2D eigenvalue weighted by Gasteiger charge is 2.22. The van der Waals surface area contributed by atoms with Crippen LogP contribution < -0.4 is 10.5 Å². The quantitative estimate of drug-likeness (QED) is 0.820. The Kier molecular flexibility index (Phi) is 3.91. The van der Waals surface area contributed by atoms with Crippen molar-refractivity contribution in [1.29, 1.82) is 0 Å². The number of nitrogens with zero attached hydrogens (tertiary/aromatic N) is 1. The molecule has 0 unspecified atom stereocenters. The van der Waals surface area contributed by atoms with Crippen molar-refractivity contribution in [3.63, 3.8) is 0 Å². The minimum atomic E-state index is -4.24. The van der Waals surface area contributed by atoms with Crippen molar-refractivity contribution in [3.05, 3.63) is 46.7 Å². The van der Waals surface area contributed by atoms with Crippen LogP contribution >= 0.6 is 15.9 Å². The molecule has 0 fully saturated rings. The first-order chi connectivity index (χ1) is 9.31. The molecular weight excluding hydrogens is 356 g/mol. The maximum Gasteiger partial charge on any atom is 0.264 e. The van der Waals surface area contributed by atoms with Gasteiger partial charge < -0.3 is 5.73 Å². The molecule has 0 saturated heterocycles. The van der Waals surface area contributed by atoms with Crippen molar-refractivity contribution < 1.29 is 17.2 Å². The zero-order valence-electron chi connectivity index (χ0n) is 9.77. The Morgan fingerprint density at radius 1 is 1.25 bits per heavy atom. The molecule has 106 valence electrons.